The van der Waals surface area contributed by atoms with Gasteiger partial charge in [0, 0.05) is 18.5 Å². The first-order valence-corrected chi connectivity index (χ1v) is 7.80. The molecule has 106 valence electrons. The monoisotopic (exact) mass is 322 g/mol. The number of hydrogen-bond acceptors (Lipinski definition) is 3. The SMILES string of the molecule is CN(CCCN)C(=O)CS(=O)c1ccc(Cl)c(Cl)c1. The van der Waals surface area contributed by atoms with Gasteiger partial charge in [0.2, 0.25) is 5.91 Å². The fraction of sp³-hybridized carbons (Fsp3) is 0.417. The van der Waals surface area contributed by atoms with Gasteiger partial charge in [0.25, 0.3) is 0 Å². The molecule has 0 heterocycles. The zero-order valence-corrected chi connectivity index (χ0v) is 12.9. The van der Waals surface area contributed by atoms with Crippen molar-refractivity contribution in [3.63, 3.8) is 0 Å². The number of hydrogen-bond donors (Lipinski definition) is 1. The summed E-state index contributed by atoms with van der Waals surface area (Å²) in [5, 5.41) is 0.727. The van der Waals surface area contributed by atoms with Crippen molar-refractivity contribution >= 4 is 39.9 Å². The van der Waals surface area contributed by atoms with Gasteiger partial charge in [0.05, 0.1) is 20.8 Å². The molecule has 0 spiro atoms. The molecule has 0 aliphatic carbocycles. The van der Waals surface area contributed by atoms with E-state index in [1.54, 1.807) is 19.2 Å². The van der Waals surface area contributed by atoms with Crippen molar-refractivity contribution in [3.8, 4) is 0 Å². The van der Waals surface area contributed by atoms with Crippen LogP contribution in [0.3, 0.4) is 0 Å². The third kappa shape index (κ3) is 5.10. The lowest BCUT2D eigenvalue weighted by molar-refractivity contribution is -0.127. The largest absolute Gasteiger partial charge is 0.345 e. The van der Waals surface area contributed by atoms with Crippen LogP contribution in [0.15, 0.2) is 23.1 Å². The minimum atomic E-state index is -1.42. The second-order valence-corrected chi connectivity index (χ2v) is 6.29. The van der Waals surface area contributed by atoms with Crippen LogP contribution in [0, 0.1) is 0 Å². The Balaban J connectivity index is 2.63. The van der Waals surface area contributed by atoms with Gasteiger partial charge < -0.3 is 10.6 Å². The molecule has 0 aromatic heterocycles. The predicted molar refractivity (Wildman–Crippen MR) is 79.0 cm³/mol. The third-order valence-corrected chi connectivity index (χ3v) is 4.56. The van der Waals surface area contributed by atoms with Gasteiger partial charge in [-0.3, -0.25) is 9.00 Å². The quantitative estimate of drug-likeness (QED) is 0.870. The topological polar surface area (TPSA) is 63.4 Å². The van der Waals surface area contributed by atoms with Crippen molar-refractivity contribution in [1.82, 2.24) is 4.90 Å². The number of benzene rings is 1. The Hall–Kier alpha value is -0.620. The number of amides is 1. The summed E-state index contributed by atoms with van der Waals surface area (Å²) < 4.78 is 12.0. The first-order valence-electron chi connectivity index (χ1n) is 5.73. The number of rotatable bonds is 6. The van der Waals surface area contributed by atoms with E-state index in [2.05, 4.69) is 0 Å². The molecule has 7 heteroatoms. The summed E-state index contributed by atoms with van der Waals surface area (Å²) in [6.45, 7) is 1.08. The summed E-state index contributed by atoms with van der Waals surface area (Å²) in [5.41, 5.74) is 5.37. The van der Waals surface area contributed by atoms with Crippen LogP contribution >= 0.6 is 23.2 Å². The molecule has 0 radical (unpaired) electrons. The van der Waals surface area contributed by atoms with Crippen molar-refractivity contribution < 1.29 is 9.00 Å². The van der Waals surface area contributed by atoms with Crippen molar-refractivity contribution in [2.45, 2.75) is 11.3 Å². The molecule has 1 rings (SSSR count). The summed E-state index contributed by atoms with van der Waals surface area (Å²) in [6.07, 6.45) is 0.724. The smallest absolute Gasteiger partial charge is 0.235 e. The maximum absolute atomic E-state index is 12.0. The van der Waals surface area contributed by atoms with E-state index in [4.69, 9.17) is 28.9 Å². The zero-order chi connectivity index (χ0) is 14.4. The Labute approximate surface area is 125 Å². The third-order valence-electron chi connectivity index (χ3n) is 2.53. The second kappa shape index (κ2) is 7.85. The average molecular weight is 323 g/mol. The maximum Gasteiger partial charge on any atom is 0.235 e. The van der Waals surface area contributed by atoms with Crippen LogP contribution < -0.4 is 5.73 Å². The summed E-state index contributed by atoms with van der Waals surface area (Å²) in [7, 11) is 0.247. The first kappa shape index (κ1) is 16.4. The Morgan fingerprint density at radius 3 is 2.63 bits per heavy atom. The van der Waals surface area contributed by atoms with Crippen molar-refractivity contribution in [3.05, 3.63) is 28.2 Å². The Morgan fingerprint density at radius 1 is 1.37 bits per heavy atom. The van der Waals surface area contributed by atoms with Crippen LogP contribution in [-0.4, -0.2) is 40.9 Å². The Kier molecular flexibility index (Phi) is 6.79. The highest BCUT2D eigenvalue weighted by Crippen LogP contribution is 2.24. The lowest BCUT2D eigenvalue weighted by Gasteiger charge is -2.16. The van der Waals surface area contributed by atoms with E-state index >= 15 is 0 Å². The van der Waals surface area contributed by atoms with E-state index < -0.39 is 10.8 Å². The standard InChI is InChI=1S/C12H16Cl2N2O2S/c1-16(6-2-5-15)12(17)8-19(18)9-3-4-10(13)11(14)7-9/h3-4,7H,2,5-6,8,15H2,1H3. The molecule has 0 aliphatic heterocycles. The summed E-state index contributed by atoms with van der Waals surface area (Å²) in [4.78, 5) is 13.8. The van der Waals surface area contributed by atoms with Crippen LogP contribution in [0.4, 0.5) is 0 Å². The molecule has 19 heavy (non-hydrogen) atoms. The van der Waals surface area contributed by atoms with Gasteiger partial charge >= 0.3 is 0 Å². The predicted octanol–water partition coefficient (Wildman–Crippen LogP) is 1.91. The van der Waals surface area contributed by atoms with Gasteiger partial charge in [0.1, 0.15) is 5.75 Å². The van der Waals surface area contributed by atoms with E-state index in [-0.39, 0.29) is 11.7 Å². The molecule has 1 unspecified atom stereocenters. The van der Waals surface area contributed by atoms with Gasteiger partial charge in [-0.15, -0.1) is 0 Å². The van der Waals surface area contributed by atoms with Crippen LogP contribution in [0.25, 0.3) is 0 Å². The average Bonchev–Trinajstić information content (AvgIpc) is 2.38. The first-order chi connectivity index (χ1) is 8.95. The highest BCUT2D eigenvalue weighted by molar-refractivity contribution is 7.85. The van der Waals surface area contributed by atoms with Crippen molar-refractivity contribution in [2.75, 3.05) is 25.9 Å². The van der Waals surface area contributed by atoms with E-state index in [0.29, 0.717) is 28.0 Å². The highest BCUT2D eigenvalue weighted by Gasteiger charge is 2.14. The molecule has 4 nitrogen and oxygen atoms in total. The zero-order valence-electron chi connectivity index (χ0n) is 10.6. The Bertz CT molecular complexity index is 483. The van der Waals surface area contributed by atoms with Crippen molar-refractivity contribution in [1.29, 1.82) is 0 Å². The number of nitrogens with two attached hydrogens (primary N) is 1. The van der Waals surface area contributed by atoms with Gasteiger partial charge in [-0.05, 0) is 31.2 Å². The lowest BCUT2D eigenvalue weighted by atomic mass is 10.4. The molecule has 0 aliphatic rings. The molecule has 1 atom stereocenters. The number of nitrogens with zero attached hydrogens (tertiary/aromatic N) is 1. The molecule has 0 bridgehead atoms. The summed E-state index contributed by atoms with van der Waals surface area (Å²) >= 11 is 11.6. The minimum absolute atomic E-state index is 0.0704. The highest BCUT2D eigenvalue weighted by atomic mass is 35.5. The van der Waals surface area contributed by atoms with E-state index in [9.17, 15) is 9.00 Å². The van der Waals surface area contributed by atoms with Gasteiger partial charge in [-0.1, -0.05) is 23.2 Å². The number of carbonyl (C=O) groups excluding carboxylic acids is 1. The fourth-order valence-corrected chi connectivity index (χ4v) is 2.82. The van der Waals surface area contributed by atoms with Crippen LogP contribution in [0.1, 0.15) is 6.42 Å². The van der Waals surface area contributed by atoms with E-state index in [0.717, 1.165) is 6.42 Å². The molecular formula is C12H16Cl2N2O2S. The summed E-state index contributed by atoms with van der Waals surface area (Å²) in [6, 6.07) is 4.70. The molecule has 0 saturated carbocycles. The molecule has 0 saturated heterocycles. The normalized spacial score (nSPS) is 12.2. The molecule has 0 fully saturated rings. The molecule has 1 amide bonds. The Morgan fingerprint density at radius 2 is 2.05 bits per heavy atom. The van der Waals surface area contributed by atoms with Gasteiger partial charge in [0.15, 0.2) is 0 Å². The molecule has 1 aromatic carbocycles. The van der Waals surface area contributed by atoms with Gasteiger partial charge in [-0.25, -0.2) is 0 Å². The number of halogens is 2. The van der Waals surface area contributed by atoms with Gasteiger partial charge in [-0.2, -0.15) is 0 Å². The maximum atomic E-state index is 12.0. The number of carbonyl (C=O) groups is 1. The van der Waals surface area contributed by atoms with Crippen molar-refractivity contribution in [2.24, 2.45) is 5.73 Å². The molecule has 2 N–H and O–H groups in total. The van der Waals surface area contributed by atoms with E-state index in [1.165, 1.54) is 11.0 Å². The second-order valence-electron chi connectivity index (χ2n) is 4.02. The van der Waals surface area contributed by atoms with Crippen LogP contribution in [0.2, 0.25) is 10.0 Å². The van der Waals surface area contributed by atoms with Crippen LogP contribution in [-0.2, 0) is 15.6 Å². The molecular weight excluding hydrogens is 307 g/mol. The lowest BCUT2D eigenvalue weighted by Crippen LogP contribution is -2.32. The minimum Gasteiger partial charge on any atom is -0.345 e. The van der Waals surface area contributed by atoms with Crippen LogP contribution in [0.5, 0.6) is 0 Å². The molecule has 1 aromatic rings. The van der Waals surface area contributed by atoms with E-state index in [1.807, 2.05) is 0 Å². The fourth-order valence-electron chi connectivity index (χ4n) is 1.38. The summed E-state index contributed by atoms with van der Waals surface area (Å²) in [5.74, 6) is -0.253.